The van der Waals surface area contributed by atoms with Crippen molar-refractivity contribution in [3.05, 3.63) is 30.0 Å². The zero-order chi connectivity index (χ0) is 31.6. The van der Waals surface area contributed by atoms with Crippen molar-refractivity contribution in [2.24, 2.45) is 29.4 Å². The van der Waals surface area contributed by atoms with Gasteiger partial charge in [-0.15, -0.1) is 0 Å². The number of alkyl halides is 1. The fraction of sp³-hybridized carbons (Fsp3) is 0.645. The number of anilines is 1. The van der Waals surface area contributed by atoms with Crippen molar-refractivity contribution in [2.45, 2.75) is 76.3 Å². The van der Waals surface area contributed by atoms with Crippen LogP contribution in [0.2, 0.25) is 0 Å². The summed E-state index contributed by atoms with van der Waals surface area (Å²) in [5.74, 6) is -0.979. The number of carbonyl (C=O) groups excluding carboxylic acids is 3. The lowest BCUT2D eigenvalue weighted by Crippen LogP contribution is -2.50. The predicted molar refractivity (Wildman–Crippen MR) is 164 cm³/mol. The van der Waals surface area contributed by atoms with E-state index in [1.807, 2.05) is 4.72 Å². The minimum absolute atomic E-state index is 0.00402. The average Bonchev–Trinajstić information content (AvgIpc) is 3.65. The Morgan fingerprint density at radius 1 is 1.05 bits per heavy atom. The van der Waals surface area contributed by atoms with Gasteiger partial charge >= 0.3 is 16.1 Å². The van der Waals surface area contributed by atoms with Gasteiger partial charge in [0.1, 0.15) is 18.3 Å². The Hall–Kier alpha value is -3.03. The van der Waals surface area contributed by atoms with E-state index in [2.05, 4.69) is 5.32 Å². The quantitative estimate of drug-likeness (QED) is 0.379. The monoisotopic (exact) mass is 633 g/mol. The molecule has 0 bridgehead atoms. The van der Waals surface area contributed by atoms with Crippen LogP contribution in [0, 0.1) is 23.7 Å². The molecule has 2 heterocycles. The molecule has 4 N–H and O–H groups in total. The van der Waals surface area contributed by atoms with Crippen molar-refractivity contribution in [2.75, 3.05) is 32.6 Å². The van der Waals surface area contributed by atoms with Gasteiger partial charge in [0, 0.05) is 43.7 Å². The average molecular weight is 634 g/mol. The van der Waals surface area contributed by atoms with E-state index in [0.29, 0.717) is 54.8 Å². The zero-order valence-corrected chi connectivity index (χ0v) is 26.3. The van der Waals surface area contributed by atoms with Crippen LogP contribution in [0.4, 0.5) is 10.1 Å². The fourth-order valence-corrected chi connectivity index (χ4v) is 7.84. The van der Waals surface area contributed by atoms with E-state index in [-0.39, 0.29) is 35.3 Å². The molecule has 0 radical (unpaired) electrons. The Bertz CT molecular complexity index is 1460. The molecule has 1 aliphatic heterocycles. The van der Waals surface area contributed by atoms with Gasteiger partial charge in [-0.05, 0) is 74.1 Å². The number of nitrogens with two attached hydrogens (primary N) is 1. The van der Waals surface area contributed by atoms with Crippen LogP contribution in [0.25, 0.3) is 11.0 Å². The van der Waals surface area contributed by atoms with E-state index in [4.69, 9.17) is 10.2 Å². The molecule has 1 saturated heterocycles. The number of amides is 3. The Balaban J connectivity index is 1.32. The summed E-state index contributed by atoms with van der Waals surface area (Å²) < 4.78 is 45.6. The SMILES string of the molecule is CN(C)S(=O)(=O)NC(=O)c1cc2cc(NC(=O)[C@@H]3[C@H](C4CCCCC4)CCN3C(=O)C3CCC([C@H](N)CF)CC3)ccc2o1. The third-order valence-electron chi connectivity index (χ3n) is 9.87. The number of furan rings is 1. The van der Waals surface area contributed by atoms with Crippen LogP contribution < -0.4 is 15.8 Å². The highest BCUT2D eigenvalue weighted by atomic mass is 32.2. The van der Waals surface area contributed by atoms with Crippen LogP contribution in [0.1, 0.15) is 74.8 Å². The maximum atomic E-state index is 14.0. The van der Waals surface area contributed by atoms with Gasteiger partial charge in [0.15, 0.2) is 5.76 Å². The lowest BCUT2D eigenvalue weighted by molar-refractivity contribution is -0.142. The van der Waals surface area contributed by atoms with E-state index in [1.54, 1.807) is 23.1 Å². The van der Waals surface area contributed by atoms with Crippen molar-refractivity contribution in [3.63, 3.8) is 0 Å². The molecule has 1 aromatic carbocycles. The van der Waals surface area contributed by atoms with E-state index in [0.717, 1.165) is 36.4 Å². The van der Waals surface area contributed by atoms with Crippen LogP contribution in [0.15, 0.2) is 28.7 Å². The number of benzene rings is 1. The van der Waals surface area contributed by atoms with Gasteiger partial charge in [0.2, 0.25) is 11.8 Å². The molecule has 2 aromatic rings. The van der Waals surface area contributed by atoms with Crippen LogP contribution in [0.3, 0.4) is 0 Å². The first-order valence-corrected chi connectivity index (χ1v) is 17.1. The Morgan fingerprint density at radius 2 is 1.75 bits per heavy atom. The smallest absolute Gasteiger partial charge is 0.303 e. The summed E-state index contributed by atoms with van der Waals surface area (Å²) in [5, 5.41) is 3.53. The molecule has 0 unspecified atom stereocenters. The molecule has 3 atom stereocenters. The van der Waals surface area contributed by atoms with E-state index >= 15 is 0 Å². The highest BCUT2D eigenvalue weighted by molar-refractivity contribution is 7.87. The molecule has 2 saturated carbocycles. The topological polar surface area (TPSA) is 155 Å². The van der Waals surface area contributed by atoms with Crippen LogP contribution >= 0.6 is 0 Å². The zero-order valence-electron chi connectivity index (χ0n) is 25.5. The number of nitrogens with one attached hydrogen (secondary N) is 2. The van der Waals surface area contributed by atoms with Crippen molar-refractivity contribution in [1.29, 1.82) is 0 Å². The molecule has 242 valence electrons. The standard InChI is InChI=1S/C31H44FN5O6S/c1-36(2)44(41,42)35-29(38)27-17-22-16-23(12-13-26(22)43-27)34-30(39)28-24(19-6-4-3-5-7-19)14-15-37(28)31(40)21-10-8-20(9-11-21)25(33)18-32/h12-13,16-17,19-21,24-25,28H,3-11,14-15,18,33H2,1-2H3,(H,34,39)(H,35,38)/t20?,21?,24-,25+,28-/m0/s1. The van der Waals surface area contributed by atoms with E-state index in [9.17, 15) is 27.2 Å². The number of hydrogen-bond acceptors (Lipinski definition) is 7. The number of fused-ring (bicyclic) bond motifs is 1. The van der Waals surface area contributed by atoms with Crippen LogP contribution in [-0.4, -0.2) is 74.7 Å². The van der Waals surface area contributed by atoms with Gasteiger partial charge < -0.3 is 20.4 Å². The van der Waals surface area contributed by atoms with Gasteiger partial charge in [0.25, 0.3) is 0 Å². The number of nitrogens with zero attached hydrogens (tertiary/aromatic N) is 2. The molecule has 2 aliphatic carbocycles. The molecular weight excluding hydrogens is 589 g/mol. The highest BCUT2D eigenvalue weighted by Crippen LogP contribution is 2.41. The van der Waals surface area contributed by atoms with Gasteiger partial charge in [-0.2, -0.15) is 12.7 Å². The predicted octanol–water partition coefficient (Wildman–Crippen LogP) is 3.81. The van der Waals surface area contributed by atoms with Gasteiger partial charge in [-0.3, -0.25) is 14.4 Å². The second-order valence-electron chi connectivity index (χ2n) is 12.8. The molecular formula is C31H44FN5O6S. The van der Waals surface area contributed by atoms with Crippen molar-refractivity contribution < 1.29 is 31.6 Å². The van der Waals surface area contributed by atoms with Crippen molar-refractivity contribution >= 4 is 44.6 Å². The second kappa shape index (κ2) is 13.5. The van der Waals surface area contributed by atoms with Crippen LogP contribution in [0.5, 0.6) is 0 Å². The summed E-state index contributed by atoms with van der Waals surface area (Å²) in [7, 11) is -1.39. The summed E-state index contributed by atoms with van der Waals surface area (Å²) in [6, 6.07) is 5.28. The summed E-state index contributed by atoms with van der Waals surface area (Å²) >= 11 is 0. The first-order chi connectivity index (χ1) is 21.0. The summed E-state index contributed by atoms with van der Waals surface area (Å²) in [6.45, 7) is -0.0185. The lowest BCUT2D eigenvalue weighted by atomic mass is 9.76. The maximum absolute atomic E-state index is 14.0. The largest absolute Gasteiger partial charge is 0.451 e. The number of carbonyl (C=O) groups is 3. The number of halogens is 1. The number of likely N-dealkylation sites (tertiary alicyclic amines) is 1. The molecule has 5 rings (SSSR count). The molecule has 11 nitrogen and oxygen atoms in total. The Kier molecular flexibility index (Phi) is 9.96. The maximum Gasteiger partial charge on any atom is 0.303 e. The summed E-state index contributed by atoms with van der Waals surface area (Å²) in [6.07, 6.45) is 9.07. The molecule has 13 heteroatoms. The molecule has 44 heavy (non-hydrogen) atoms. The van der Waals surface area contributed by atoms with E-state index < -0.39 is 34.9 Å². The Labute approximate surface area is 258 Å². The first-order valence-electron chi connectivity index (χ1n) is 15.7. The van der Waals surface area contributed by atoms with Crippen molar-refractivity contribution in [1.82, 2.24) is 13.9 Å². The minimum Gasteiger partial charge on any atom is -0.451 e. The normalized spacial score (nSPS) is 25.7. The summed E-state index contributed by atoms with van der Waals surface area (Å²) in [5.41, 5.74) is 6.78. The molecule has 3 fully saturated rings. The third kappa shape index (κ3) is 6.94. The molecule has 3 aliphatic rings. The lowest BCUT2D eigenvalue weighted by Gasteiger charge is -2.36. The van der Waals surface area contributed by atoms with Gasteiger partial charge in [-0.25, -0.2) is 9.11 Å². The van der Waals surface area contributed by atoms with E-state index in [1.165, 1.54) is 26.6 Å². The highest BCUT2D eigenvalue weighted by Gasteiger charge is 2.47. The van der Waals surface area contributed by atoms with Crippen LogP contribution in [-0.2, 0) is 19.8 Å². The second-order valence-corrected chi connectivity index (χ2v) is 14.7. The molecule has 1 aromatic heterocycles. The first kappa shape index (κ1) is 32.4. The summed E-state index contributed by atoms with van der Waals surface area (Å²) in [4.78, 5) is 42.2. The minimum atomic E-state index is -4.00. The Morgan fingerprint density at radius 3 is 2.41 bits per heavy atom. The third-order valence-corrected chi connectivity index (χ3v) is 11.3. The van der Waals surface area contributed by atoms with Gasteiger partial charge in [-0.1, -0.05) is 32.1 Å². The van der Waals surface area contributed by atoms with Gasteiger partial charge in [0.05, 0.1) is 0 Å². The number of rotatable bonds is 9. The fourth-order valence-electron chi connectivity index (χ4n) is 7.32. The molecule has 3 amide bonds. The van der Waals surface area contributed by atoms with Crippen molar-refractivity contribution in [3.8, 4) is 0 Å². The molecule has 0 spiro atoms. The number of hydrogen-bond donors (Lipinski definition) is 3.